The van der Waals surface area contributed by atoms with Crippen molar-refractivity contribution in [2.24, 2.45) is 0 Å². The Kier molecular flexibility index (Phi) is 6.41. The Morgan fingerprint density at radius 2 is 1.85 bits per heavy atom. The number of fused-ring (bicyclic) bond motifs is 3. The lowest BCUT2D eigenvalue weighted by atomic mass is 10.1. The summed E-state index contributed by atoms with van der Waals surface area (Å²) in [5, 5.41) is 6.00. The molecule has 1 amide bonds. The predicted octanol–water partition coefficient (Wildman–Crippen LogP) is 2.61. The van der Waals surface area contributed by atoms with Crippen LogP contribution in [0.5, 0.6) is 0 Å². The van der Waals surface area contributed by atoms with Crippen LogP contribution in [0.25, 0.3) is 11.3 Å². The third-order valence-electron chi connectivity index (χ3n) is 5.09. The summed E-state index contributed by atoms with van der Waals surface area (Å²) in [4.78, 5) is 23.2. The lowest BCUT2D eigenvalue weighted by Gasteiger charge is -2.18. The van der Waals surface area contributed by atoms with Gasteiger partial charge in [-0.3, -0.25) is 4.79 Å². The van der Waals surface area contributed by atoms with Crippen LogP contribution in [0, 0.1) is 0 Å². The van der Waals surface area contributed by atoms with Gasteiger partial charge in [0.1, 0.15) is 0 Å². The highest BCUT2D eigenvalue weighted by Crippen LogP contribution is 2.32. The molecule has 0 bridgehead atoms. The van der Waals surface area contributed by atoms with Crippen LogP contribution in [0.2, 0.25) is 0 Å². The van der Waals surface area contributed by atoms with Crippen LogP contribution in [-0.2, 0) is 21.2 Å². The number of amides is 1. The average Bonchev–Trinajstić information content (AvgIpc) is 2.88. The van der Waals surface area contributed by atoms with Crippen molar-refractivity contribution in [1.82, 2.24) is 19.6 Å². The van der Waals surface area contributed by atoms with E-state index in [1.807, 2.05) is 50.2 Å². The highest BCUT2D eigenvalue weighted by molar-refractivity contribution is 7.89. The molecule has 10 heteroatoms. The summed E-state index contributed by atoms with van der Waals surface area (Å²) in [6.07, 6.45) is 1.83. The molecule has 1 aliphatic rings. The van der Waals surface area contributed by atoms with Crippen LogP contribution in [0.1, 0.15) is 12.5 Å². The minimum absolute atomic E-state index is 0.115. The van der Waals surface area contributed by atoms with Gasteiger partial charge in [0, 0.05) is 35.6 Å². The topological polar surface area (TPSA) is 116 Å². The zero-order valence-corrected chi connectivity index (χ0v) is 19.5. The van der Waals surface area contributed by atoms with Crippen LogP contribution >= 0.6 is 0 Å². The van der Waals surface area contributed by atoms with Crippen molar-refractivity contribution in [3.63, 3.8) is 0 Å². The van der Waals surface area contributed by atoms with Gasteiger partial charge in [-0.25, -0.2) is 23.1 Å². The number of carbonyl (C=O) groups is 1. The number of nitrogens with one attached hydrogen (secondary N) is 3. The van der Waals surface area contributed by atoms with E-state index in [4.69, 9.17) is 0 Å². The number of carbonyl (C=O) groups excluding carboxylic acids is 1. The van der Waals surface area contributed by atoms with Gasteiger partial charge in [0.2, 0.25) is 21.9 Å². The molecule has 0 spiro atoms. The second-order valence-corrected chi connectivity index (χ2v) is 9.99. The number of rotatable bonds is 7. The van der Waals surface area contributed by atoms with Gasteiger partial charge in [0.25, 0.3) is 0 Å². The molecule has 172 valence electrons. The maximum atomic E-state index is 12.6. The number of hydrogen-bond donors (Lipinski definition) is 3. The van der Waals surface area contributed by atoms with Gasteiger partial charge in [-0.15, -0.1) is 0 Å². The number of hydrogen-bond acceptors (Lipinski definition) is 7. The molecular weight excluding hydrogens is 440 g/mol. The van der Waals surface area contributed by atoms with Crippen molar-refractivity contribution in [2.45, 2.75) is 24.3 Å². The molecule has 0 saturated carbocycles. The zero-order valence-electron chi connectivity index (χ0n) is 18.7. The second-order valence-electron chi connectivity index (χ2n) is 8.27. The SMILES string of the molecule is CC(CN(C)C)NS(=O)(=O)c1ccc(Nc2ncc3c(n2)-c2ccccc2NC(=O)C3)cc1. The van der Waals surface area contributed by atoms with Crippen molar-refractivity contribution in [3.8, 4) is 11.3 Å². The average molecular weight is 467 g/mol. The van der Waals surface area contributed by atoms with Crippen LogP contribution < -0.4 is 15.4 Å². The maximum absolute atomic E-state index is 12.6. The first kappa shape index (κ1) is 22.8. The molecule has 1 aliphatic heterocycles. The van der Waals surface area contributed by atoms with Gasteiger partial charge in [0.05, 0.1) is 22.7 Å². The molecule has 0 aliphatic carbocycles. The van der Waals surface area contributed by atoms with E-state index < -0.39 is 10.0 Å². The van der Waals surface area contributed by atoms with Gasteiger partial charge in [0.15, 0.2) is 0 Å². The molecule has 1 aromatic heterocycles. The fourth-order valence-electron chi connectivity index (χ4n) is 3.76. The first-order valence-electron chi connectivity index (χ1n) is 10.5. The fourth-order valence-corrected chi connectivity index (χ4v) is 4.99. The maximum Gasteiger partial charge on any atom is 0.240 e. The quantitative estimate of drug-likeness (QED) is 0.490. The number of benzene rings is 2. The molecule has 0 fully saturated rings. The Morgan fingerprint density at radius 3 is 2.58 bits per heavy atom. The van der Waals surface area contributed by atoms with Gasteiger partial charge in [-0.2, -0.15) is 0 Å². The molecule has 4 rings (SSSR count). The van der Waals surface area contributed by atoms with E-state index in [0.29, 0.717) is 29.6 Å². The minimum atomic E-state index is -3.62. The van der Waals surface area contributed by atoms with E-state index in [2.05, 4.69) is 25.3 Å². The van der Waals surface area contributed by atoms with Gasteiger partial charge in [-0.1, -0.05) is 18.2 Å². The first-order valence-corrected chi connectivity index (χ1v) is 12.0. The first-order chi connectivity index (χ1) is 15.7. The van der Waals surface area contributed by atoms with E-state index >= 15 is 0 Å². The monoisotopic (exact) mass is 466 g/mol. The molecular formula is C23H26N6O3S. The van der Waals surface area contributed by atoms with Crippen molar-refractivity contribution < 1.29 is 13.2 Å². The zero-order chi connectivity index (χ0) is 23.6. The largest absolute Gasteiger partial charge is 0.325 e. The van der Waals surface area contributed by atoms with Crippen molar-refractivity contribution in [1.29, 1.82) is 0 Å². The molecule has 2 heterocycles. The molecule has 9 nitrogen and oxygen atoms in total. The Balaban J connectivity index is 1.54. The molecule has 1 unspecified atom stereocenters. The second kappa shape index (κ2) is 9.26. The third kappa shape index (κ3) is 5.36. The van der Waals surface area contributed by atoms with Crippen LogP contribution in [0.4, 0.5) is 17.3 Å². The predicted molar refractivity (Wildman–Crippen MR) is 128 cm³/mol. The summed E-state index contributed by atoms with van der Waals surface area (Å²) in [6.45, 7) is 2.42. The highest BCUT2D eigenvalue weighted by atomic mass is 32.2. The summed E-state index contributed by atoms with van der Waals surface area (Å²) < 4.78 is 27.9. The van der Waals surface area contributed by atoms with Crippen LogP contribution in [0.15, 0.2) is 59.6 Å². The Bertz CT molecular complexity index is 1280. The molecule has 0 radical (unpaired) electrons. The van der Waals surface area contributed by atoms with Gasteiger partial charge >= 0.3 is 0 Å². The summed E-state index contributed by atoms with van der Waals surface area (Å²) >= 11 is 0. The van der Waals surface area contributed by atoms with E-state index in [0.717, 1.165) is 11.1 Å². The van der Waals surface area contributed by atoms with Crippen LogP contribution in [0.3, 0.4) is 0 Å². The number of sulfonamides is 1. The molecule has 2 aromatic carbocycles. The van der Waals surface area contributed by atoms with E-state index in [-0.39, 0.29) is 23.3 Å². The van der Waals surface area contributed by atoms with Gasteiger partial charge in [-0.05, 0) is 51.4 Å². The summed E-state index contributed by atoms with van der Waals surface area (Å²) in [5.41, 5.74) is 3.59. The lowest BCUT2D eigenvalue weighted by molar-refractivity contribution is -0.115. The Morgan fingerprint density at radius 1 is 1.12 bits per heavy atom. The van der Waals surface area contributed by atoms with Crippen LogP contribution in [-0.4, -0.2) is 55.9 Å². The summed E-state index contributed by atoms with van der Waals surface area (Å²) in [6, 6.07) is 13.7. The normalized spacial score (nSPS) is 14.1. The number of aromatic nitrogens is 2. The lowest BCUT2D eigenvalue weighted by Crippen LogP contribution is -2.39. The molecule has 33 heavy (non-hydrogen) atoms. The van der Waals surface area contributed by atoms with E-state index in [1.165, 1.54) is 12.1 Å². The van der Waals surface area contributed by atoms with E-state index in [1.54, 1.807) is 18.3 Å². The van der Waals surface area contributed by atoms with Crippen molar-refractivity contribution in [2.75, 3.05) is 31.3 Å². The molecule has 1 atom stereocenters. The van der Waals surface area contributed by atoms with E-state index in [9.17, 15) is 13.2 Å². The summed E-state index contributed by atoms with van der Waals surface area (Å²) in [5.74, 6) is 0.238. The number of para-hydroxylation sites is 1. The number of anilines is 3. The third-order valence-corrected chi connectivity index (χ3v) is 6.69. The Hall–Kier alpha value is -3.34. The van der Waals surface area contributed by atoms with Gasteiger partial charge < -0.3 is 15.5 Å². The standard InChI is InChI=1S/C23H26N6O3S/c1-15(14-29(2)3)28-33(31,32)18-10-8-17(9-11-18)25-23-24-13-16-12-21(30)26-20-7-5-4-6-19(20)22(16)27-23/h4-11,13,15,28H,12,14H2,1-3H3,(H,26,30)(H,24,25,27). The Labute approximate surface area is 193 Å². The van der Waals surface area contributed by atoms with Crippen molar-refractivity contribution >= 4 is 33.3 Å². The summed E-state index contributed by atoms with van der Waals surface area (Å²) in [7, 11) is 0.159. The smallest absolute Gasteiger partial charge is 0.240 e. The fraction of sp³-hybridized carbons (Fsp3) is 0.261. The minimum Gasteiger partial charge on any atom is -0.325 e. The number of likely N-dealkylation sites (N-methyl/N-ethyl adjacent to an activating group) is 1. The number of nitrogens with zero attached hydrogens (tertiary/aromatic N) is 3. The van der Waals surface area contributed by atoms with Crippen molar-refractivity contribution in [3.05, 3.63) is 60.3 Å². The molecule has 0 saturated heterocycles. The molecule has 3 N–H and O–H groups in total. The molecule has 3 aromatic rings. The highest BCUT2D eigenvalue weighted by Gasteiger charge is 2.21.